The molecule has 1 atom stereocenters. The molecule has 0 bridgehead atoms. The van der Waals surface area contributed by atoms with E-state index in [1.807, 2.05) is 0 Å². The quantitative estimate of drug-likeness (QED) is 0.627. The first kappa shape index (κ1) is 18.4. The van der Waals surface area contributed by atoms with Crippen molar-refractivity contribution in [1.29, 1.82) is 0 Å². The topological polar surface area (TPSA) is 72.1 Å². The molecule has 0 saturated heterocycles. The maximum atomic E-state index is 12.5. The molecule has 0 aliphatic heterocycles. The van der Waals surface area contributed by atoms with Crippen LogP contribution in [0, 0.1) is 0 Å². The zero-order chi connectivity index (χ0) is 18.7. The van der Waals surface area contributed by atoms with Crippen molar-refractivity contribution in [3.63, 3.8) is 0 Å². The normalized spacial score (nSPS) is 12.3. The van der Waals surface area contributed by atoms with E-state index in [2.05, 4.69) is 15.2 Å². The van der Waals surface area contributed by atoms with Gasteiger partial charge in [-0.1, -0.05) is 17.7 Å². The van der Waals surface area contributed by atoms with Crippen molar-refractivity contribution in [3.05, 3.63) is 59.2 Å². The molecule has 1 aromatic carbocycles. The Hall–Kier alpha value is -2.39. The number of hydrogen-bond acceptors (Lipinski definition) is 5. The van der Waals surface area contributed by atoms with Crippen LogP contribution in [0.1, 0.15) is 18.0 Å². The van der Waals surface area contributed by atoms with Gasteiger partial charge in [0.15, 0.2) is 0 Å². The number of rotatable bonds is 6. The van der Waals surface area contributed by atoms with E-state index in [0.29, 0.717) is 22.0 Å². The molecule has 26 heavy (non-hydrogen) atoms. The van der Waals surface area contributed by atoms with Gasteiger partial charge in [0.2, 0.25) is 5.89 Å². The van der Waals surface area contributed by atoms with Gasteiger partial charge >= 0.3 is 6.43 Å². The summed E-state index contributed by atoms with van der Waals surface area (Å²) in [7, 11) is -1.30. The molecule has 0 aliphatic carbocycles. The minimum Gasteiger partial charge on any atom is -0.415 e. The van der Waals surface area contributed by atoms with E-state index in [1.54, 1.807) is 47.0 Å². The fourth-order valence-corrected chi connectivity index (χ4v) is 3.10. The maximum Gasteiger partial charge on any atom is 0.314 e. The SMILES string of the molecule is CS(=O)N(Cc1ccc(-c2nnc(C(F)F)o2)cn1)c1cccc(Cl)c1. The van der Waals surface area contributed by atoms with Gasteiger partial charge in [-0.15, -0.1) is 10.2 Å². The zero-order valence-electron chi connectivity index (χ0n) is 13.5. The fourth-order valence-electron chi connectivity index (χ4n) is 2.19. The molecule has 3 aromatic rings. The van der Waals surface area contributed by atoms with Gasteiger partial charge in [0.05, 0.1) is 23.5 Å². The predicted octanol–water partition coefficient (Wildman–Crippen LogP) is 4.02. The molecule has 0 aliphatic rings. The lowest BCUT2D eigenvalue weighted by atomic mass is 10.2. The second-order valence-electron chi connectivity index (χ2n) is 5.22. The van der Waals surface area contributed by atoms with E-state index >= 15 is 0 Å². The molecule has 2 aromatic heterocycles. The fraction of sp³-hybridized carbons (Fsp3) is 0.188. The Balaban J connectivity index is 1.79. The Labute approximate surface area is 155 Å². The molecule has 0 amide bonds. The van der Waals surface area contributed by atoms with Crippen molar-refractivity contribution >= 4 is 28.3 Å². The Morgan fingerprint density at radius 3 is 2.65 bits per heavy atom. The van der Waals surface area contributed by atoms with Crippen LogP contribution >= 0.6 is 11.6 Å². The summed E-state index contributed by atoms with van der Waals surface area (Å²) in [4.78, 5) is 4.25. The first-order chi connectivity index (χ1) is 12.4. The van der Waals surface area contributed by atoms with Gasteiger partial charge in [-0.05, 0) is 30.3 Å². The summed E-state index contributed by atoms with van der Waals surface area (Å²) < 4.78 is 43.6. The molecule has 6 nitrogen and oxygen atoms in total. The van der Waals surface area contributed by atoms with Crippen LogP contribution in [0.15, 0.2) is 47.0 Å². The Kier molecular flexibility index (Phi) is 5.58. The molecule has 136 valence electrons. The number of pyridine rings is 1. The maximum absolute atomic E-state index is 12.5. The van der Waals surface area contributed by atoms with Crippen molar-refractivity contribution in [2.45, 2.75) is 13.0 Å². The van der Waals surface area contributed by atoms with Gasteiger partial charge in [0.1, 0.15) is 11.0 Å². The number of hydrogen-bond donors (Lipinski definition) is 0. The number of halogens is 3. The molecular formula is C16H13ClF2N4O2S. The van der Waals surface area contributed by atoms with Crippen LogP contribution in [0.5, 0.6) is 0 Å². The third kappa shape index (κ3) is 4.23. The lowest BCUT2D eigenvalue weighted by Crippen LogP contribution is -2.24. The van der Waals surface area contributed by atoms with Crippen LogP contribution in [-0.2, 0) is 17.5 Å². The van der Waals surface area contributed by atoms with E-state index in [-0.39, 0.29) is 12.4 Å². The molecular weight excluding hydrogens is 386 g/mol. The minimum absolute atomic E-state index is 0.0369. The standard InChI is InChI=1S/C16H13ClF2N4O2S/c1-26(24)23(13-4-2-3-11(17)7-13)9-12-6-5-10(8-20-12)15-21-22-16(25-15)14(18)19/h2-8,14H,9H2,1H3. The third-order valence-corrected chi connectivity index (χ3v) is 4.61. The van der Waals surface area contributed by atoms with Crippen LogP contribution in [-0.4, -0.2) is 25.6 Å². The Morgan fingerprint density at radius 2 is 2.08 bits per heavy atom. The van der Waals surface area contributed by atoms with E-state index in [9.17, 15) is 13.0 Å². The molecule has 0 radical (unpaired) electrons. The summed E-state index contributed by atoms with van der Waals surface area (Å²) in [6.45, 7) is 0.274. The number of anilines is 1. The molecule has 1 unspecified atom stereocenters. The monoisotopic (exact) mass is 398 g/mol. The average molecular weight is 399 g/mol. The lowest BCUT2D eigenvalue weighted by Gasteiger charge is -2.21. The molecule has 3 rings (SSSR count). The summed E-state index contributed by atoms with van der Waals surface area (Å²) in [5.74, 6) is -0.775. The molecule has 0 saturated carbocycles. The third-order valence-electron chi connectivity index (χ3n) is 3.41. The van der Waals surface area contributed by atoms with Crippen molar-refractivity contribution < 1.29 is 17.4 Å². The molecule has 10 heteroatoms. The van der Waals surface area contributed by atoms with Crippen molar-refractivity contribution in [1.82, 2.24) is 15.2 Å². The van der Waals surface area contributed by atoms with Gasteiger partial charge < -0.3 is 4.42 Å². The van der Waals surface area contributed by atoms with E-state index in [4.69, 9.17) is 16.0 Å². The van der Waals surface area contributed by atoms with Crippen LogP contribution in [0.2, 0.25) is 5.02 Å². The zero-order valence-corrected chi connectivity index (χ0v) is 15.0. The van der Waals surface area contributed by atoms with Crippen molar-refractivity contribution in [2.75, 3.05) is 10.6 Å². The van der Waals surface area contributed by atoms with Gasteiger partial charge in [0.25, 0.3) is 5.89 Å². The van der Waals surface area contributed by atoms with E-state index in [1.165, 1.54) is 6.20 Å². The molecule has 0 fully saturated rings. The summed E-state index contributed by atoms with van der Waals surface area (Å²) in [5.41, 5.74) is 1.74. The van der Waals surface area contributed by atoms with Crippen LogP contribution in [0.25, 0.3) is 11.5 Å². The molecule has 2 heterocycles. The van der Waals surface area contributed by atoms with Crippen LogP contribution < -0.4 is 4.31 Å². The summed E-state index contributed by atoms with van der Waals surface area (Å²) in [6, 6.07) is 10.3. The van der Waals surface area contributed by atoms with Crippen molar-refractivity contribution in [3.8, 4) is 11.5 Å². The first-order valence-corrected chi connectivity index (χ1v) is 9.27. The number of nitrogens with zero attached hydrogens (tertiary/aromatic N) is 4. The highest BCUT2D eigenvalue weighted by Gasteiger charge is 2.17. The van der Waals surface area contributed by atoms with Crippen molar-refractivity contribution in [2.24, 2.45) is 0 Å². The minimum atomic E-state index is -2.82. The van der Waals surface area contributed by atoms with Gasteiger partial charge in [-0.3, -0.25) is 9.29 Å². The second kappa shape index (κ2) is 7.88. The Bertz CT molecular complexity index is 921. The number of aromatic nitrogens is 3. The van der Waals surface area contributed by atoms with Crippen LogP contribution in [0.4, 0.5) is 14.5 Å². The predicted molar refractivity (Wildman–Crippen MR) is 94.2 cm³/mol. The molecule has 0 N–H and O–H groups in total. The smallest absolute Gasteiger partial charge is 0.314 e. The number of benzene rings is 1. The van der Waals surface area contributed by atoms with E-state index < -0.39 is 23.3 Å². The first-order valence-electron chi connectivity index (χ1n) is 7.37. The highest BCUT2D eigenvalue weighted by atomic mass is 35.5. The largest absolute Gasteiger partial charge is 0.415 e. The average Bonchev–Trinajstić information content (AvgIpc) is 3.10. The van der Waals surface area contributed by atoms with Gasteiger partial charge in [0, 0.05) is 17.5 Å². The summed E-state index contributed by atoms with van der Waals surface area (Å²) >= 11 is 5.99. The van der Waals surface area contributed by atoms with E-state index in [0.717, 1.165) is 0 Å². The summed E-state index contributed by atoms with van der Waals surface area (Å²) in [6.07, 6.45) is 0.168. The Morgan fingerprint density at radius 1 is 1.27 bits per heavy atom. The summed E-state index contributed by atoms with van der Waals surface area (Å²) in [5, 5.41) is 7.39. The highest BCUT2D eigenvalue weighted by Crippen LogP contribution is 2.24. The lowest BCUT2D eigenvalue weighted by molar-refractivity contribution is 0.116. The van der Waals surface area contributed by atoms with Crippen LogP contribution in [0.3, 0.4) is 0 Å². The highest BCUT2D eigenvalue weighted by molar-refractivity contribution is 7.85. The number of alkyl halides is 2. The van der Waals surface area contributed by atoms with Gasteiger partial charge in [-0.25, -0.2) is 4.21 Å². The molecule has 0 spiro atoms. The second-order valence-corrected chi connectivity index (χ2v) is 6.95. The van der Waals surface area contributed by atoms with Gasteiger partial charge in [-0.2, -0.15) is 8.78 Å².